The topological polar surface area (TPSA) is 93.2 Å². The molecule has 144 valence electrons. The van der Waals surface area contributed by atoms with E-state index in [0.29, 0.717) is 24.1 Å². The Morgan fingerprint density at radius 3 is 2.39 bits per heavy atom. The van der Waals surface area contributed by atoms with Gasteiger partial charge in [-0.2, -0.15) is 18.4 Å². The lowest BCUT2D eigenvalue weighted by atomic mass is 10.1. The SMILES string of the molecule is N#Cc1ccc(Oc2ccc(/C=C(/C=O)SC(N)=O)cc2F)c(C(F)(F)F)c1. The number of allylic oxidation sites excluding steroid dienone is 1. The highest BCUT2D eigenvalue weighted by atomic mass is 32.2. The molecule has 2 aromatic rings. The monoisotopic (exact) mass is 410 g/mol. The number of amides is 1. The number of carbonyl (C=O) groups is 2. The molecule has 2 N–H and O–H groups in total. The second-order valence-electron chi connectivity index (χ2n) is 5.20. The van der Waals surface area contributed by atoms with Crippen molar-refractivity contribution in [3.8, 4) is 17.6 Å². The van der Waals surface area contributed by atoms with Crippen molar-refractivity contribution in [1.29, 1.82) is 5.26 Å². The number of nitrogens with zero attached hydrogens (tertiary/aromatic N) is 1. The van der Waals surface area contributed by atoms with Crippen molar-refractivity contribution >= 4 is 29.4 Å². The van der Waals surface area contributed by atoms with Crippen molar-refractivity contribution in [2.45, 2.75) is 6.18 Å². The summed E-state index contributed by atoms with van der Waals surface area (Å²) in [6, 6.07) is 7.47. The Kier molecular flexibility index (Phi) is 6.43. The number of benzene rings is 2. The Morgan fingerprint density at radius 2 is 1.86 bits per heavy atom. The van der Waals surface area contributed by atoms with E-state index in [1.165, 1.54) is 12.1 Å². The van der Waals surface area contributed by atoms with Crippen LogP contribution in [0.4, 0.5) is 22.4 Å². The van der Waals surface area contributed by atoms with Crippen LogP contribution in [0.3, 0.4) is 0 Å². The largest absolute Gasteiger partial charge is 0.454 e. The van der Waals surface area contributed by atoms with E-state index in [2.05, 4.69) is 0 Å². The Morgan fingerprint density at radius 1 is 1.18 bits per heavy atom. The number of halogens is 4. The van der Waals surface area contributed by atoms with Crippen LogP contribution in [-0.2, 0) is 11.0 Å². The molecule has 0 aromatic heterocycles. The van der Waals surface area contributed by atoms with Crippen LogP contribution in [0.5, 0.6) is 11.5 Å². The summed E-state index contributed by atoms with van der Waals surface area (Å²) in [7, 11) is 0. The minimum atomic E-state index is -4.81. The van der Waals surface area contributed by atoms with E-state index in [9.17, 15) is 27.2 Å². The second-order valence-corrected chi connectivity index (χ2v) is 6.28. The van der Waals surface area contributed by atoms with Gasteiger partial charge in [0.2, 0.25) is 0 Å². The molecule has 0 spiro atoms. The van der Waals surface area contributed by atoms with Crippen molar-refractivity contribution in [3.63, 3.8) is 0 Å². The van der Waals surface area contributed by atoms with Crippen molar-refractivity contribution in [3.05, 3.63) is 63.8 Å². The quantitative estimate of drug-likeness (QED) is 0.432. The number of nitriles is 1. The Labute approximate surface area is 160 Å². The summed E-state index contributed by atoms with van der Waals surface area (Å²) < 4.78 is 58.8. The van der Waals surface area contributed by atoms with Crippen molar-refractivity contribution < 1.29 is 31.9 Å². The van der Waals surface area contributed by atoms with Crippen molar-refractivity contribution in [2.24, 2.45) is 5.73 Å². The molecule has 28 heavy (non-hydrogen) atoms. The van der Waals surface area contributed by atoms with Gasteiger partial charge in [-0.1, -0.05) is 6.07 Å². The second kappa shape index (κ2) is 8.58. The first-order valence-electron chi connectivity index (χ1n) is 7.37. The van der Waals surface area contributed by atoms with Crippen LogP contribution in [0.15, 0.2) is 41.3 Å². The molecule has 0 fully saturated rings. The molecule has 0 aliphatic carbocycles. The first kappa shape index (κ1) is 21.0. The van der Waals surface area contributed by atoms with Gasteiger partial charge in [0.1, 0.15) is 5.75 Å². The molecule has 10 heteroatoms. The summed E-state index contributed by atoms with van der Waals surface area (Å²) in [5, 5.41) is 7.92. The van der Waals surface area contributed by atoms with Crippen LogP contribution in [-0.4, -0.2) is 11.5 Å². The molecule has 5 nitrogen and oxygen atoms in total. The molecule has 0 saturated carbocycles. The van der Waals surface area contributed by atoms with E-state index in [4.69, 9.17) is 15.7 Å². The van der Waals surface area contributed by atoms with E-state index in [1.54, 1.807) is 6.07 Å². The van der Waals surface area contributed by atoms with Gasteiger partial charge in [0.15, 0.2) is 17.9 Å². The fourth-order valence-corrected chi connectivity index (χ4v) is 2.56. The van der Waals surface area contributed by atoms with Crippen LogP contribution in [0, 0.1) is 17.1 Å². The number of primary amides is 1. The minimum Gasteiger partial charge on any atom is -0.454 e. The van der Waals surface area contributed by atoms with Gasteiger partial charge in [0.25, 0.3) is 5.24 Å². The lowest BCUT2D eigenvalue weighted by Crippen LogP contribution is -2.08. The lowest BCUT2D eigenvalue weighted by Gasteiger charge is -2.14. The number of alkyl halides is 3. The van der Waals surface area contributed by atoms with Crippen molar-refractivity contribution in [1.82, 2.24) is 0 Å². The number of hydrogen-bond donors (Lipinski definition) is 1. The van der Waals surface area contributed by atoms with Gasteiger partial charge in [-0.3, -0.25) is 9.59 Å². The Hall–Kier alpha value is -3.32. The molecule has 1 amide bonds. The molecular weight excluding hydrogens is 400 g/mol. The number of thioether (sulfide) groups is 1. The predicted molar refractivity (Wildman–Crippen MR) is 93.8 cm³/mol. The van der Waals surface area contributed by atoms with Gasteiger partial charge in [0.05, 0.1) is 22.1 Å². The molecular formula is C18H10F4N2O3S. The van der Waals surface area contributed by atoms with Gasteiger partial charge in [0, 0.05) is 0 Å². The number of carbonyl (C=O) groups excluding carboxylic acids is 2. The van der Waals surface area contributed by atoms with Crippen LogP contribution < -0.4 is 10.5 Å². The zero-order valence-electron chi connectivity index (χ0n) is 13.8. The van der Waals surface area contributed by atoms with Gasteiger partial charge in [-0.25, -0.2) is 4.39 Å². The maximum atomic E-state index is 14.3. The van der Waals surface area contributed by atoms with Gasteiger partial charge < -0.3 is 10.5 Å². The highest BCUT2D eigenvalue weighted by Gasteiger charge is 2.35. The molecule has 0 saturated heterocycles. The molecule has 2 aromatic carbocycles. The van der Waals surface area contributed by atoms with Crippen molar-refractivity contribution in [2.75, 3.05) is 0 Å². The fourth-order valence-electron chi connectivity index (χ4n) is 2.09. The van der Waals surface area contributed by atoms with Gasteiger partial charge in [-0.05, 0) is 53.7 Å². The number of aldehydes is 1. The summed E-state index contributed by atoms with van der Waals surface area (Å²) in [6.07, 6.45) is -3.28. The zero-order valence-corrected chi connectivity index (χ0v) is 14.6. The smallest absolute Gasteiger partial charge is 0.420 e. The average molecular weight is 410 g/mol. The standard InChI is InChI=1S/C18H10F4N2O3S/c19-14-7-10(5-12(9-25)28-17(24)26)1-4-16(14)27-15-3-2-11(8-23)6-13(15)18(20,21)22/h1-7,9H,(H2,24,26)/b12-5-. The van der Waals surface area contributed by atoms with E-state index in [1.807, 2.05) is 0 Å². The molecule has 0 aliphatic rings. The molecule has 0 atom stereocenters. The summed E-state index contributed by atoms with van der Waals surface area (Å²) in [6.45, 7) is 0. The molecule has 0 unspecified atom stereocenters. The fraction of sp³-hybridized carbons (Fsp3) is 0.0556. The Bertz CT molecular complexity index is 997. The zero-order chi connectivity index (χ0) is 20.9. The highest BCUT2D eigenvalue weighted by Crippen LogP contribution is 2.39. The molecule has 0 aliphatic heterocycles. The van der Waals surface area contributed by atoms with E-state index in [-0.39, 0.29) is 16.0 Å². The predicted octanol–water partition coefficient (Wildman–Crippen LogP) is 4.86. The minimum absolute atomic E-state index is 0.0768. The Balaban J connectivity index is 2.37. The van der Waals surface area contributed by atoms with Crippen LogP contribution in [0.25, 0.3) is 6.08 Å². The maximum absolute atomic E-state index is 14.3. The first-order valence-corrected chi connectivity index (χ1v) is 8.18. The third-order valence-electron chi connectivity index (χ3n) is 3.23. The maximum Gasteiger partial charge on any atom is 0.420 e. The third kappa shape index (κ3) is 5.34. The summed E-state index contributed by atoms with van der Waals surface area (Å²) in [4.78, 5) is 21.6. The third-order valence-corrected chi connectivity index (χ3v) is 3.88. The summed E-state index contributed by atoms with van der Waals surface area (Å²) >= 11 is 0.442. The summed E-state index contributed by atoms with van der Waals surface area (Å²) in [5.41, 5.74) is 3.66. The number of ether oxygens (including phenoxy) is 1. The average Bonchev–Trinajstić information content (AvgIpc) is 2.62. The van der Waals surface area contributed by atoms with Gasteiger partial charge >= 0.3 is 6.18 Å². The molecule has 0 bridgehead atoms. The van der Waals surface area contributed by atoms with Gasteiger partial charge in [-0.15, -0.1) is 0 Å². The first-order chi connectivity index (χ1) is 13.1. The van der Waals surface area contributed by atoms with E-state index >= 15 is 0 Å². The summed E-state index contributed by atoms with van der Waals surface area (Å²) in [5.74, 6) is -2.17. The normalized spacial score (nSPS) is 11.6. The van der Waals surface area contributed by atoms with E-state index < -0.39 is 34.3 Å². The highest BCUT2D eigenvalue weighted by molar-refractivity contribution is 8.17. The number of hydrogen-bond acceptors (Lipinski definition) is 5. The molecule has 0 heterocycles. The van der Waals surface area contributed by atoms with Crippen LogP contribution in [0.2, 0.25) is 0 Å². The number of nitrogens with two attached hydrogens (primary N) is 1. The number of rotatable bonds is 5. The van der Waals surface area contributed by atoms with E-state index in [0.717, 1.165) is 24.3 Å². The molecule has 2 rings (SSSR count). The molecule has 0 radical (unpaired) electrons. The van der Waals surface area contributed by atoms with Crippen LogP contribution >= 0.6 is 11.8 Å². The van der Waals surface area contributed by atoms with Crippen LogP contribution in [0.1, 0.15) is 16.7 Å². The lowest BCUT2D eigenvalue weighted by molar-refractivity contribution is -0.138.